The third-order valence-corrected chi connectivity index (χ3v) is 1.17. The van der Waals surface area contributed by atoms with Gasteiger partial charge in [0.1, 0.15) is 0 Å². The van der Waals surface area contributed by atoms with Crippen LogP contribution in [0.3, 0.4) is 0 Å². The Hall–Kier alpha value is -1.21. The average molecular weight is 204 g/mol. The van der Waals surface area contributed by atoms with E-state index in [1.807, 2.05) is 0 Å². The van der Waals surface area contributed by atoms with Gasteiger partial charge in [0.2, 0.25) is 0 Å². The van der Waals surface area contributed by atoms with Crippen LogP contribution in [0.5, 0.6) is 0 Å². The van der Waals surface area contributed by atoms with E-state index in [-0.39, 0.29) is 12.4 Å². The highest BCUT2D eigenvalue weighted by atomic mass is 19.4. The molecule has 0 amide bonds. The molecule has 0 aliphatic heterocycles. The first-order valence-corrected chi connectivity index (χ1v) is 2.90. The first kappa shape index (κ1) is 9.87. The van der Waals surface area contributed by atoms with Gasteiger partial charge in [-0.2, -0.15) is 23.0 Å². The van der Waals surface area contributed by atoms with Gasteiger partial charge in [0.05, 0.1) is 11.8 Å². The fraction of sp³-hybridized carbons (Fsp3) is 0.400. The summed E-state index contributed by atoms with van der Waals surface area (Å²) < 4.78 is 69.8. The van der Waals surface area contributed by atoms with E-state index < -0.39 is 22.7 Å². The molecule has 0 radical (unpaired) electrons. The number of alkyl halides is 6. The largest absolute Gasteiger partial charge is 0.504 e. The van der Waals surface area contributed by atoms with Crippen molar-refractivity contribution in [1.82, 2.24) is 9.78 Å². The van der Waals surface area contributed by atoms with Gasteiger partial charge in [-0.3, -0.25) is 0 Å². The number of rotatable bonds is 0. The molecule has 0 fully saturated rings. The molecule has 8 heteroatoms. The maximum absolute atomic E-state index is 11.8. The van der Waals surface area contributed by atoms with Crippen LogP contribution in [-0.4, -0.2) is 9.78 Å². The zero-order chi connectivity index (χ0) is 10.3. The van der Waals surface area contributed by atoms with E-state index in [0.29, 0.717) is 0 Å². The third-order valence-electron chi connectivity index (χ3n) is 1.17. The van der Waals surface area contributed by atoms with Crippen LogP contribution in [-0.2, 0) is 12.5 Å². The van der Waals surface area contributed by atoms with Gasteiger partial charge >= 0.3 is 12.5 Å². The maximum atomic E-state index is 11.8. The van der Waals surface area contributed by atoms with E-state index in [1.165, 1.54) is 0 Å². The first-order chi connectivity index (χ1) is 5.71. The smallest absolute Gasteiger partial charge is 0.178 e. The Morgan fingerprint density at radius 2 is 1.62 bits per heavy atom. The summed E-state index contributed by atoms with van der Waals surface area (Å²) in [4.78, 5) is 0. The van der Waals surface area contributed by atoms with Crippen molar-refractivity contribution < 1.29 is 26.3 Å². The third kappa shape index (κ3) is 2.13. The second-order valence-corrected chi connectivity index (χ2v) is 2.14. The molecule has 0 aliphatic rings. The van der Waals surface area contributed by atoms with Crippen LogP contribution in [0.15, 0.2) is 12.4 Å². The number of halogens is 6. The molecule has 0 aromatic carbocycles. The van der Waals surface area contributed by atoms with Gasteiger partial charge < -0.3 is 0 Å². The van der Waals surface area contributed by atoms with E-state index in [0.717, 1.165) is 0 Å². The summed E-state index contributed by atoms with van der Waals surface area (Å²) in [5.74, 6) is 0. The van der Waals surface area contributed by atoms with E-state index >= 15 is 0 Å². The fourth-order valence-electron chi connectivity index (χ4n) is 0.608. The summed E-state index contributed by atoms with van der Waals surface area (Å²) in [5.41, 5.74) is -1.43. The van der Waals surface area contributed by atoms with E-state index in [4.69, 9.17) is 0 Å². The molecule has 2 nitrogen and oxygen atoms in total. The zero-order valence-electron chi connectivity index (χ0n) is 5.82. The van der Waals surface area contributed by atoms with Crippen LogP contribution in [0, 0.1) is 0 Å². The van der Waals surface area contributed by atoms with E-state index in [1.54, 1.807) is 0 Å². The number of aromatic nitrogens is 2. The van der Waals surface area contributed by atoms with Crippen LogP contribution in [0.4, 0.5) is 26.3 Å². The van der Waals surface area contributed by atoms with Crippen molar-refractivity contribution in [1.29, 1.82) is 0 Å². The van der Waals surface area contributed by atoms with Crippen molar-refractivity contribution in [2.45, 2.75) is 12.5 Å². The monoisotopic (exact) mass is 204 g/mol. The molecule has 0 spiro atoms. The van der Waals surface area contributed by atoms with Crippen LogP contribution in [0.2, 0.25) is 0 Å². The van der Waals surface area contributed by atoms with Crippen molar-refractivity contribution in [3.05, 3.63) is 18.0 Å². The molecule has 0 aliphatic carbocycles. The molecule has 1 aromatic rings. The second kappa shape index (κ2) is 2.64. The SMILES string of the molecule is FC(F)(F)c1cnn(C(F)(F)F)c1. The number of nitrogens with zero attached hydrogens (tertiary/aromatic N) is 2. The minimum Gasteiger partial charge on any atom is -0.178 e. The molecule has 13 heavy (non-hydrogen) atoms. The van der Waals surface area contributed by atoms with E-state index in [9.17, 15) is 26.3 Å². The van der Waals surface area contributed by atoms with Crippen molar-refractivity contribution >= 4 is 0 Å². The highest BCUT2D eigenvalue weighted by molar-refractivity contribution is 5.08. The van der Waals surface area contributed by atoms with Crippen molar-refractivity contribution in [3.63, 3.8) is 0 Å². The van der Waals surface area contributed by atoms with Gasteiger partial charge in [-0.25, -0.2) is 0 Å². The van der Waals surface area contributed by atoms with E-state index in [2.05, 4.69) is 5.10 Å². The Kier molecular flexibility index (Phi) is 2.01. The lowest BCUT2D eigenvalue weighted by Crippen LogP contribution is -2.17. The van der Waals surface area contributed by atoms with Gasteiger partial charge in [-0.15, -0.1) is 13.2 Å². The van der Waals surface area contributed by atoms with Crippen LogP contribution >= 0.6 is 0 Å². The highest BCUT2D eigenvalue weighted by Gasteiger charge is 2.37. The first-order valence-electron chi connectivity index (χ1n) is 2.90. The summed E-state index contributed by atoms with van der Waals surface area (Å²) in [5, 5.41) is 2.53. The molecular formula is C5H2F6N2. The molecule has 74 valence electrons. The molecular weight excluding hydrogens is 202 g/mol. The van der Waals surface area contributed by atoms with Gasteiger partial charge in [0, 0.05) is 6.20 Å². The standard InChI is InChI=1S/C5H2F6N2/c6-4(7,8)3-1-12-13(2-3)5(9,10)11/h1-2H. The van der Waals surface area contributed by atoms with Gasteiger partial charge in [0.15, 0.2) is 0 Å². The molecule has 0 unspecified atom stereocenters. The zero-order valence-corrected chi connectivity index (χ0v) is 5.82. The molecule has 0 saturated heterocycles. The normalized spacial score (nSPS) is 13.4. The Morgan fingerprint density at radius 1 is 1.08 bits per heavy atom. The average Bonchev–Trinajstić information content (AvgIpc) is 2.28. The van der Waals surface area contributed by atoms with Gasteiger partial charge in [-0.1, -0.05) is 0 Å². The minimum atomic E-state index is -4.91. The topological polar surface area (TPSA) is 17.8 Å². The predicted molar refractivity (Wildman–Crippen MR) is 28.5 cm³/mol. The predicted octanol–water partition coefficient (Wildman–Crippen LogP) is 2.38. The molecule has 1 heterocycles. The minimum absolute atomic E-state index is 0.111. The fourth-order valence-corrected chi connectivity index (χ4v) is 0.608. The molecule has 0 N–H and O–H groups in total. The molecule has 0 saturated carbocycles. The summed E-state index contributed by atoms with van der Waals surface area (Å²) in [7, 11) is 0. The summed E-state index contributed by atoms with van der Waals surface area (Å²) in [6.45, 7) is 0. The Labute approximate surface area is 67.8 Å². The molecule has 0 bridgehead atoms. The molecule has 1 rings (SSSR count). The van der Waals surface area contributed by atoms with Crippen molar-refractivity contribution in [2.24, 2.45) is 0 Å². The lowest BCUT2D eigenvalue weighted by Gasteiger charge is -2.04. The lowest BCUT2D eigenvalue weighted by molar-refractivity contribution is -0.212. The molecule has 0 atom stereocenters. The summed E-state index contributed by atoms with van der Waals surface area (Å²) >= 11 is 0. The van der Waals surface area contributed by atoms with Gasteiger partial charge in [-0.05, 0) is 0 Å². The van der Waals surface area contributed by atoms with Crippen LogP contribution in [0.25, 0.3) is 0 Å². The van der Waals surface area contributed by atoms with Crippen LogP contribution in [0.1, 0.15) is 5.56 Å². The molecule has 1 aromatic heterocycles. The second-order valence-electron chi connectivity index (χ2n) is 2.14. The van der Waals surface area contributed by atoms with Gasteiger partial charge in [0.25, 0.3) is 0 Å². The summed E-state index contributed by atoms with van der Waals surface area (Å²) in [6.07, 6.45) is -9.71. The Bertz CT molecular complexity index is 266. The highest BCUT2D eigenvalue weighted by Crippen LogP contribution is 2.30. The van der Waals surface area contributed by atoms with Crippen molar-refractivity contribution in [2.75, 3.05) is 0 Å². The summed E-state index contributed by atoms with van der Waals surface area (Å²) in [6, 6.07) is 0. The Balaban J connectivity index is 3.01. The van der Waals surface area contributed by atoms with Crippen LogP contribution < -0.4 is 0 Å². The number of hydrogen-bond donors (Lipinski definition) is 0. The maximum Gasteiger partial charge on any atom is 0.504 e. The Morgan fingerprint density at radius 3 is 1.85 bits per heavy atom. The number of hydrogen-bond acceptors (Lipinski definition) is 1. The van der Waals surface area contributed by atoms with Crippen molar-refractivity contribution in [3.8, 4) is 0 Å². The quantitative estimate of drug-likeness (QED) is 0.593. The lowest BCUT2D eigenvalue weighted by atomic mass is 10.4.